The van der Waals surface area contributed by atoms with Crippen molar-refractivity contribution in [1.29, 1.82) is 0 Å². The van der Waals surface area contributed by atoms with Gasteiger partial charge in [-0.25, -0.2) is 0 Å². The number of fused-ring (bicyclic) bond motifs is 3. The Bertz CT molecular complexity index is 565. The average Bonchev–Trinajstić information content (AvgIpc) is 3.23. The fourth-order valence-corrected chi connectivity index (χ4v) is 4.41. The molecule has 2 aliphatic carbocycles. The predicted molar refractivity (Wildman–Crippen MR) is 63.5 cm³/mol. The van der Waals surface area contributed by atoms with Gasteiger partial charge in [0.2, 0.25) is 0 Å². The summed E-state index contributed by atoms with van der Waals surface area (Å²) in [6, 6.07) is 10.2. The number of carbonyl (C=O) groups excluding carboxylic acids is 2. The van der Waals surface area contributed by atoms with Crippen LogP contribution >= 0.6 is 0 Å². The van der Waals surface area contributed by atoms with Gasteiger partial charge >= 0.3 is 11.9 Å². The minimum Gasteiger partial charge on any atom is -0.392 e. The van der Waals surface area contributed by atoms with Crippen LogP contribution in [0.5, 0.6) is 0 Å². The molecule has 3 nitrogen and oxygen atoms in total. The molecule has 1 saturated heterocycles. The van der Waals surface area contributed by atoms with E-state index in [1.54, 1.807) is 0 Å². The van der Waals surface area contributed by atoms with Gasteiger partial charge in [-0.1, -0.05) is 44.2 Å². The summed E-state index contributed by atoms with van der Waals surface area (Å²) in [5, 5.41) is 0. The van der Waals surface area contributed by atoms with E-state index in [1.165, 1.54) is 5.56 Å². The molecule has 0 amide bonds. The molecule has 1 aliphatic heterocycles. The summed E-state index contributed by atoms with van der Waals surface area (Å²) in [4.78, 5) is 23.4. The molecule has 1 spiro atoms. The normalized spacial score (nSPS) is 48.0. The number of cyclic esters (lactones) is 2. The van der Waals surface area contributed by atoms with Gasteiger partial charge in [0, 0.05) is 5.41 Å². The molecule has 0 bridgehead atoms. The highest BCUT2D eigenvalue weighted by atomic mass is 16.6. The van der Waals surface area contributed by atoms with Crippen molar-refractivity contribution in [3.8, 4) is 0 Å². The minimum atomic E-state index is -0.484. The highest BCUT2D eigenvalue weighted by molar-refractivity contribution is 6.04. The van der Waals surface area contributed by atoms with Gasteiger partial charge in [0.15, 0.2) is 0 Å². The smallest absolute Gasteiger partial charge is 0.321 e. The van der Waals surface area contributed by atoms with E-state index in [4.69, 9.17) is 4.74 Å². The molecule has 1 heterocycles. The van der Waals surface area contributed by atoms with Gasteiger partial charge in [-0.3, -0.25) is 9.59 Å². The van der Waals surface area contributed by atoms with Crippen molar-refractivity contribution in [2.75, 3.05) is 0 Å². The standard InChI is InChI=1S/C15H14O3/c1-8-12(16)18-13(17)15(8)10-11(15)14(10,2)9-6-4-3-5-7-9/h3-8,10-11H,1-2H3/t8-,10?,11?,14?,15?/m1/s1. The largest absolute Gasteiger partial charge is 0.392 e. The molecule has 3 fully saturated rings. The number of carbonyl (C=O) groups is 2. The fourth-order valence-electron chi connectivity index (χ4n) is 4.41. The van der Waals surface area contributed by atoms with Crippen LogP contribution in [0.15, 0.2) is 30.3 Å². The van der Waals surface area contributed by atoms with Gasteiger partial charge < -0.3 is 4.74 Å². The van der Waals surface area contributed by atoms with Gasteiger partial charge in [0.25, 0.3) is 0 Å². The number of benzene rings is 1. The molecule has 3 heteroatoms. The third-order valence-corrected chi connectivity index (χ3v) is 5.45. The predicted octanol–water partition coefficient (Wildman–Crippen LogP) is 1.91. The number of hydrogen-bond donors (Lipinski definition) is 0. The molecular weight excluding hydrogens is 228 g/mol. The van der Waals surface area contributed by atoms with Crippen LogP contribution in [0.4, 0.5) is 0 Å². The lowest BCUT2D eigenvalue weighted by atomic mass is 9.70. The van der Waals surface area contributed by atoms with Crippen LogP contribution in [0.3, 0.4) is 0 Å². The van der Waals surface area contributed by atoms with E-state index in [9.17, 15) is 9.59 Å². The molecule has 3 aliphatic rings. The topological polar surface area (TPSA) is 43.4 Å². The second-order valence-electron chi connectivity index (χ2n) is 5.97. The van der Waals surface area contributed by atoms with Crippen LogP contribution < -0.4 is 0 Å². The Hall–Kier alpha value is -1.64. The van der Waals surface area contributed by atoms with Crippen molar-refractivity contribution in [3.63, 3.8) is 0 Å². The van der Waals surface area contributed by atoms with Crippen molar-refractivity contribution in [2.24, 2.45) is 23.2 Å². The fraction of sp³-hybridized carbons (Fsp3) is 0.467. The van der Waals surface area contributed by atoms with Gasteiger partial charge in [0.1, 0.15) is 0 Å². The van der Waals surface area contributed by atoms with Gasteiger partial charge in [-0.15, -0.1) is 0 Å². The van der Waals surface area contributed by atoms with Crippen molar-refractivity contribution >= 4 is 11.9 Å². The summed E-state index contributed by atoms with van der Waals surface area (Å²) >= 11 is 0. The van der Waals surface area contributed by atoms with E-state index in [0.29, 0.717) is 11.8 Å². The zero-order valence-electron chi connectivity index (χ0n) is 10.3. The molecule has 92 valence electrons. The molecule has 3 atom stereocenters. The average molecular weight is 242 g/mol. The van der Waals surface area contributed by atoms with Crippen molar-refractivity contribution < 1.29 is 14.3 Å². The minimum absolute atomic E-state index is 0.0686. The van der Waals surface area contributed by atoms with Crippen molar-refractivity contribution in [1.82, 2.24) is 0 Å². The zero-order valence-corrected chi connectivity index (χ0v) is 10.3. The first-order chi connectivity index (χ1) is 8.55. The van der Waals surface area contributed by atoms with Gasteiger partial charge in [-0.05, 0) is 17.4 Å². The molecule has 0 aromatic heterocycles. The summed E-state index contributed by atoms with van der Waals surface area (Å²) < 4.78 is 4.80. The molecule has 0 radical (unpaired) electrons. The quantitative estimate of drug-likeness (QED) is 0.558. The van der Waals surface area contributed by atoms with E-state index in [1.807, 2.05) is 25.1 Å². The first-order valence-corrected chi connectivity index (χ1v) is 6.37. The first kappa shape index (κ1) is 10.3. The van der Waals surface area contributed by atoms with Crippen LogP contribution in [-0.4, -0.2) is 11.9 Å². The summed E-state index contributed by atoms with van der Waals surface area (Å²) in [5.41, 5.74) is 0.853. The molecule has 1 aromatic carbocycles. The summed E-state index contributed by atoms with van der Waals surface area (Å²) in [6.07, 6.45) is 0. The Morgan fingerprint density at radius 2 is 1.72 bits per heavy atom. The Balaban J connectivity index is 1.69. The summed E-state index contributed by atoms with van der Waals surface area (Å²) in [5.74, 6) is -0.314. The maximum absolute atomic E-state index is 11.9. The highest BCUT2D eigenvalue weighted by Crippen LogP contribution is 2.91. The van der Waals surface area contributed by atoms with Crippen LogP contribution in [0, 0.1) is 23.2 Å². The lowest BCUT2D eigenvalue weighted by molar-refractivity contribution is -0.154. The second kappa shape index (κ2) is 2.68. The highest BCUT2D eigenvalue weighted by Gasteiger charge is 2.97. The number of ether oxygens (including phenoxy) is 1. The van der Waals surface area contributed by atoms with E-state index in [2.05, 4.69) is 19.1 Å². The first-order valence-electron chi connectivity index (χ1n) is 6.37. The number of hydrogen-bond acceptors (Lipinski definition) is 3. The van der Waals surface area contributed by atoms with Crippen LogP contribution in [0.1, 0.15) is 19.4 Å². The Morgan fingerprint density at radius 1 is 1.11 bits per heavy atom. The van der Waals surface area contributed by atoms with Crippen molar-refractivity contribution in [2.45, 2.75) is 19.3 Å². The SMILES string of the molecule is C[C@@H]1C(=O)OC(=O)C12C1C2C1(C)c1ccccc1. The van der Waals surface area contributed by atoms with E-state index in [-0.39, 0.29) is 23.3 Å². The zero-order chi connectivity index (χ0) is 12.7. The van der Waals surface area contributed by atoms with E-state index < -0.39 is 5.41 Å². The third-order valence-electron chi connectivity index (χ3n) is 5.45. The number of esters is 2. The lowest BCUT2D eigenvalue weighted by Gasteiger charge is -2.29. The molecule has 0 N–H and O–H groups in total. The van der Waals surface area contributed by atoms with Crippen LogP contribution in [0.2, 0.25) is 0 Å². The molecule has 18 heavy (non-hydrogen) atoms. The second-order valence-corrected chi connectivity index (χ2v) is 5.97. The summed E-state index contributed by atoms with van der Waals surface area (Å²) in [7, 11) is 0. The van der Waals surface area contributed by atoms with E-state index in [0.717, 1.165) is 0 Å². The maximum Gasteiger partial charge on any atom is 0.321 e. The van der Waals surface area contributed by atoms with Crippen molar-refractivity contribution in [3.05, 3.63) is 35.9 Å². The third kappa shape index (κ3) is 0.807. The van der Waals surface area contributed by atoms with Crippen LogP contribution in [0.25, 0.3) is 0 Å². The number of rotatable bonds is 1. The Labute approximate surface area is 105 Å². The summed E-state index contributed by atoms with van der Waals surface area (Å²) in [6.45, 7) is 4.01. The Morgan fingerprint density at radius 3 is 2.22 bits per heavy atom. The van der Waals surface area contributed by atoms with E-state index >= 15 is 0 Å². The lowest BCUT2D eigenvalue weighted by Crippen LogP contribution is -2.35. The molecule has 2 unspecified atom stereocenters. The molecule has 4 rings (SSSR count). The molecule has 1 aromatic rings. The molecule has 2 saturated carbocycles. The Kier molecular flexibility index (Phi) is 1.53. The monoisotopic (exact) mass is 242 g/mol. The van der Waals surface area contributed by atoms with Crippen LogP contribution in [-0.2, 0) is 19.7 Å². The maximum atomic E-state index is 11.9. The molecular formula is C15H14O3. The van der Waals surface area contributed by atoms with Gasteiger partial charge in [-0.2, -0.15) is 0 Å². The van der Waals surface area contributed by atoms with Gasteiger partial charge in [0.05, 0.1) is 11.3 Å².